The Bertz CT molecular complexity index is 1150. The minimum atomic E-state index is -1.31. The summed E-state index contributed by atoms with van der Waals surface area (Å²) in [4.78, 5) is 26.1. The number of rotatable bonds is 8. The predicted octanol–water partition coefficient (Wildman–Crippen LogP) is 4.74. The molecule has 0 saturated carbocycles. The Morgan fingerprint density at radius 2 is 1.36 bits per heavy atom. The normalized spacial score (nSPS) is 12.6. The van der Waals surface area contributed by atoms with E-state index in [1.54, 1.807) is 30.3 Å². The summed E-state index contributed by atoms with van der Waals surface area (Å²) in [6.45, 7) is -0.613. The number of halogens is 2. The lowest BCUT2D eigenvalue weighted by Crippen LogP contribution is -2.23. The first kappa shape index (κ1) is 24.3. The molecule has 2 atom stereocenters. The van der Waals surface area contributed by atoms with Gasteiger partial charge in [-0.2, -0.15) is 0 Å². The second-order valence-electron chi connectivity index (χ2n) is 6.93. The van der Waals surface area contributed by atoms with Gasteiger partial charge >= 0.3 is 0 Å². The van der Waals surface area contributed by atoms with Crippen LogP contribution >= 0.6 is 23.2 Å². The number of nitro benzene ring substituents is 2. The molecule has 3 aromatic rings. The van der Waals surface area contributed by atoms with Crippen molar-refractivity contribution in [3.8, 4) is 0 Å². The van der Waals surface area contributed by atoms with Crippen molar-refractivity contribution in [1.82, 2.24) is 0 Å². The highest BCUT2D eigenvalue weighted by molar-refractivity contribution is 6.33. The van der Waals surface area contributed by atoms with Crippen LogP contribution in [0.4, 0.5) is 11.4 Å². The van der Waals surface area contributed by atoms with E-state index in [0.717, 1.165) is 0 Å². The van der Waals surface area contributed by atoms with Crippen LogP contribution in [0.1, 0.15) is 22.7 Å². The standard InChI is InChI=1S/C22H17Cl2N3O6/c23-16-8-6-14(10-18(16)26(30)31)21(15-7-9-17(24)19(11-15)27(32)33)25-22(20(29)12-28)13-4-2-1-3-5-13/h1-11,20,22,28-29H,12H2/t20-,22+/m1/s1. The van der Waals surface area contributed by atoms with Crippen LogP contribution in [0.2, 0.25) is 10.0 Å². The average Bonchev–Trinajstić information content (AvgIpc) is 2.80. The molecule has 0 aliphatic heterocycles. The predicted molar refractivity (Wildman–Crippen MR) is 124 cm³/mol. The maximum Gasteiger partial charge on any atom is 0.288 e. The maximum absolute atomic E-state index is 11.4. The number of hydrogen-bond acceptors (Lipinski definition) is 7. The number of aliphatic hydroxyl groups excluding tert-OH is 2. The van der Waals surface area contributed by atoms with Crippen LogP contribution in [0.25, 0.3) is 0 Å². The van der Waals surface area contributed by atoms with E-state index in [-0.39, 0.29) is 38.3 Å². The fraction of sp³-hybridized carbons (Fsp3) is 0.136. The molecule has 0 radical (unpaired) electrons. The summed E-state index contributed by atoms with van der Waals surface area (Å²) >= 11 is 11.9. The first-order valence-electron chi connectivity index (χ1n) is 9.53. The fourth-order valence-electron chi connectivity index (χ4n) is 3.19. The fourth-order valence-corrected chi connectivity index (χ4v) is 3.56. The average molecular weight is 490 g/mol. The maximum atomic E-state index is 11.4. The third kappa shape index (κ3) is 5.52. The number of nitrogens with zero attached hydrogens (tertiary/aromatic N) is 3. The highest BCUT2D eigenvalue weighted by atomic mass is 35.5. The molecule has 0 heterocycles. The molecular weight excluding hydrogens is 473 g/mol. The van der Waals surface area contributed by atoms with Gasteiger partial charge in [0.2, 0.25) is 0 Å². The van der Waals surface area contributed by atoms with E-state index in [1.807, 2.05) is 0 Å². The van der Waals surface area contributed by atoms with Crippen molar-refractivity contribution >= 4 is 40.3 Å². The largest absolute Gasteiger partial charge is 0.394 e. The first-order valence-corrected chi connectivity index (χ1v) is 10.3. The van der Waals surface area contributed by atoms with Crippen molar-refractivity contribution in [2.45, 2.75) is 12.1 Å². The molecule has 33 heavy (non-hydrogen) atoms. The summed E-state index contributed by atoms with van der Waals surface area (Å²) in [6.07, 6.45) is -1.31. The van der Waals surface area contributed by atoms with E-state index < -0.39 is 28.6 Å². The number of nitro groups is 2. The SMILES string of the molecule is O=[N+]([O-])c1cc(C(=N[C@@H](c2ccccc2)[C@H](O)CO)c2ccc(Cl)c([N+](=O)[O-])c2)ccc1Cl. The smallest absolute Gasteiger partial charge is 0.288 e. The Morgan fingerprint density at radius 1 is 0.879 bits per heavy atom. The molecule has 2 N–H and O–H groups in total. The number of aliphatic imine (C=N–C) groups is 1. The van der Waals surface area contributed by atoms with Crippen LogP contribution in [-0.2, 0) is 0 Å². The van der Waals surface area contributed by atoms with E-state index in [9.17, 15) is 30.4 Å². The second-order valence-corrected chi connectivity index (χ2v) is 7.74. The first-order chi connectivity index (χ1) is 15.7. The molecule has 170 valence electrons. The zero-order chi connectivity index (χ0) is 24.1. The van der Waals surface area contributed by atoms with Gasteiger partial charge in [0.25, 0.3) is 11.4 Å². The van der Waals surface area contributed by atoms with Crippen molar-refractivity contribution in [2.24, 2.45) is 4.99 Å². The molecule has 3 aromatic carbocycles. The molecule has 0 aromatic heterocycles. The minimum absolute atomic E-state index is 0.0970. The van der Waals surface area contributed by atoms with Crippen LogP contribution in [0.15, 0.2) is 71.7 Å². The van der Waals surface area contributed by atoms with E-state index >= 15 is 0 Å². The van der Waals surface area contributed by atoms with Gasteiger partial charge in [-0.1, -0.05) is 65.7 Å². The third-order valence-electron chi connectivity index (χ3n) is 4.79. The van der Waals surface area contributed by atoms with Gasteiger partial charge in [-0.25, -0.2) is 0 Å². The van der Waals surface area contributed by atoms with Gasteiger partial charge in [-0.3, -0.25) is 25.2 Å². The lowest BCUT2D eigenvalue weighted by molar-refractivity contribution is -0.384. The number of hydrogen-bond donors (Lipinski definition) is 2. The van der Waals surface area contributed by atoms with Crippen molar-refractivity contribution in [3.63, 3.8) is 0 Å². The number of benzene rings is 3. The highest BCUT2D eigenvalue weighted by Gasteiger charge is 2.24. The minimum Gasteiger partial charge on any atom is -0.394 e. The van der Waals surface area contributed by atoms with Crippen molar-refractivity contribution in [2.75, 3.05) is 6.61 Å². The molecule has 0 spiro atoms. The lowest BCUT2D eigenvalue weighted by atomic mass is 9.98. The van der Waals surface area contributed by atoms with Gasteiger partial charge in [0.05, 0.1) is 22.2 Å². The zero-order valence-electron chi connectivity index (χ0n) is 16.8. The third-order valence-corrected chi connectivity index (χ3v) is 5.43. The van der Waals surface area contributed by atoms with Gasteiger partial charge in [-0.15, -0.1) is 0 Å². The second kappa shape index (κ2) is 10.5. The lowest BCUT2D eigenvalue weighted by Gasteiger charge is -2.20. The van der Waals surface area contributed by atoms with Gasteiger partial charge in [0.15, 0.2) is 0 Å². The monoisotopic (exact) mass is 489 g/mol. The molecule has 0 amide bonds. The molecule has 0 bridgehead atoms. The Morgan fingerprint density at radius 3 is 1.79 bits per heavy atom. The summed E-state index contributed by atoms with van der Waals surface area (Å²) < 4.78 is 0. The van der Waals surface area contributed by atoms with Crippen LogP contribution in [0.5, 0.6) is 0 Å². The quantitative estimate of drug-likeness (QED) is 0.266. The molecule has 0 aliphatic rings. The summed E-state index contributed by atoms with van der Waals surface area (Å²) in [5.41, 5.74) is 0.357. The highest BCUT2D eigenvalue weighted by Crippen LogP contribution is 2.31. The van der Waals surface area contributed by atoms with Crippen LogP contribution < -0.4 is 0 Å². The Hall–Kier alpha value is -3.37. The van der Waals surface area contributed by atoms with Gasteiger partial charge < -0.3 is 10.2 Å². The van der Waals surface area contributed by atoms with E-state index in [1.165, 1.54) is 36.4 Å². The summed E-state index contributed by atoms with van der Waals surface area (Å²) in [5, 5.41) is 42.7. The summed E-state index contributed by atoms with van der Waals surface area (Å²) in [6, 6.07) is 15.6. The summed E-state index contributed by atoms with van der Waals surface area (Å²) in [7, 11) is 0. The molecule has 0 fully saturated rings. The zero-order valence-corrected chi connectivity index (χ0v) is 18.3. The van der Waals surface area contributed by atoms with Crippen LogP contribution in [0.3, 0.4) is 0 Å². The molecule has 9 nitrogen and oxygen atoms in total. The van der Waals surface area contributed by atoms with Gasteiger partial charge in [0, 0.05) is 23.3 Å². The Balaban J connectivity index is 2.29. The molecule has 3 rings (SSSR count). The molecule has 0 aliphatic carbocycles. The number of aliphatic hydroxyl groups is 2. The van der Waals surface area contributed by atoms with Crippen LogP contribution in [0, 0.1) is 20.2 Å². The molecule has 11 heteroatoms. The van der Waals surface area contributed by atoms with E-state index in [2.05, 4.69) is 4.99 Å². The van der Waals surface area contributed by atoms with Gasteiger partial charge in [0.1, 0.15) is 22.2 Å². The van der Waals surface area contributed by atoms with Gasteiger partial charge in [-0.05, 0) is 17.7 Å². The molecular formula is C22H17Cl2N3O6. The summed E-state index contributed by atoms with van der Waals surface area (Å²) in [5.74, 6) is 0. The van der Waals surface area contributed by atoms with E-state index in [4.69, 9.17) is 23.2 Å². The van der Waals surface area contributed by atoms with E-state index in [0.29, 0.717) is 5.56 Å². The van der Waals surface area contributed by atoms with Crippen LogP contribution in [-0.4, -0.2) is 38.5 Å². The molecule has 0 saturated heterocycles. The van der Waals surface area contributed by atoms with Crippen molar-refractivity contribution in [3.05, 3.63) is 114 Å². The Labute approximate surface area is 197 Å². The Kier molecular flexibility index (Phi) is 7.72. The topological polar surface area (TPSA) is 139 Å². The molecule has 0 unspecified atom stereocenters. The van der Waals surface area contributed by atoms with Crippen molar-refractivity contribution in [1.29, 1.82) is 0 Å². The van der Waals surface area contributed by atoms with Crippen molar-refractivity contribution < 1.29 is 20.1 Å².